The first-order valence-corrected chi connectivity index (χ1v) is 11.3. The van der Waals surface area contributed by atoms with Crippen LogP contribution < -0.4 is 0 Å². The van der Waals surface area contributed by atoms with Crippen LogP contribution in [-0.4, -0.2) is 34.8 Å². The molecule has 1 saturated heterocycles. The van der Waals surface area contributed by atoms with E-state index in [1.807, 2.05) is 24.3 Å². The number of benzene rings is 3. The number of hydrogen-bond donors (Lipinski definition) is 1. The molecule has 0 aromatic heterocycles. The molecular weight excluding hydrogens is 406 g/mol. The predicted octanol–water partition coefficient (Wildman–Crippen LogP) is 5.59. The summed E-state index contributed by atoms with van der Waals surface area (Å²) in [5.74, 6) is 0.0688. The van der Waals surface area contributed by atoms with E-state index in [0.29, 0.717) is 31.5 Å². The summed E-state index contributed by atoms with van der Waals surface area (Å²) in [6, 6.07) is 22.6. The number of likely N-dealkylation sites (tertiary alicyclic amines) is 1. The average molecular weight is 432 g/mol. The van der Waals surface area contributed by atoms with E-state index in [1.165, 1.54) is 16.5 Å². The van der Waals surface area contributed by atoms with Gasteiger partial charge < -0.3 is 10.0 Å². The van der Waals surface area contributed by atoms with Crippen LogP contribution >= 0.6 is 11.8 Å². The number of aromatic hydroxyl groups is 1. The highest BCUT2D eigenvalue weighted by Crippen LogP contribution is 2.29. The zero-order chi connectivity index (χ0) is 21.8. The van der Waals surface area contributed by atoms with Gasteiger partial charge in [-0.1, -0.05) is 47.7 Å². The lowest BCUT2D eigenvalue weighted by molar-refractivity contribution is 0.0650. The number of aryl methyl sites for hydroxylation is 1. The normalized spacial score (nSPS) is 14.4. The molecule has 0 aliphatic carbocycles. The van der Waals surface area contributed by atoms with Crippen molar-refractivity contribution in [1.82, 2.24) is 4.90 Å². The number of phenolic OH excluding ortho intramolecular Hbond substituents is 1. The van der Waals surface area contributed by atoms with E-state index in [4.69, 9.17) is 0 Å². The molecule has 4 rings (SSSR count). The second kappa shape index (κ2) is 9.40. The summed E-state index contributed by atoms with van der Waals surface area (Å²) < 4.78 is 0. The molecule has 3 aromatic carbocycles. The van der Waals surface area contributed by atoms with E-state index in [-0.39, 0.29) is 23.4 Å². The molecule has 0 unspecified atom stereocenters. The molecule has 31 heavy (non-hydrogen) atoms. The SMILES string of the molecule is Cc1ccc(Sc2ccc(C(=O)C3CCN(C(=O)c4cccc(O)c4)CC3)cc2)cc1. The molecule has 1 fully saturated rings. The number of Topliss-reactive ketones (excluding diaryl/α,β-unsaturated/α-hetero) is 1. The Bertz CT molecular complexity index is 1070. The lowest BCUT2D eigenvalue weighted by Crippen LogP contribution is -2.40. The minimum Gasteiger partial charge on any atom is -0.508 e. The van der Waals surface area contributed by atoms with Crippen molar-refractivity contribution in [2.24, 2.45) is 5.92 Å². The highest BCUT2D eigenvalue weighted by molar-refractivity contribution is 7.99. The van der Waals surface area contributed by atoms with E-state index in [0.717, 1.165) is 10.5 Å². The summed E-state index contributed by atoms with van der Waals surface area (Å²) in [6.45, 7) is 3.17. The summed E-state index contributed by atoms with van der Waals surface area (Å²) in [4.78, 5) is 29.6. The summed E-state index contributed by atoms with van der Waals surface area (Å²) in [6.07, 6.45) is 1.31. The standard InChI is InChI=1S/C26H25NO3S/c1-18-5-9-23(10-6-18)31-24-11-7-19(8-12-24)25(29)20-13-15-27(16-14-20)26(30)21-3-2-4-22(28)17-21/h2-12,17,20,28H,13-16H2,1H3. The van der Waals surface area contributed by atoms with Crippen molar-refractivity contribution in [3.63, 3.8) is 0 Å². The summed E-state index contributed by atoms with van der Waals surface area (Å²) >= 11 is 1.68. The number of carbonyl (C=O) groups is 2. The minimum absolute atomic E-state index is 0.0659. The highest BCUT2D eigenvalue weighted by Gasteiger charge is 2.28. The molecular formula is C26H25NO3S. The van der Waals surface area contributed by atoms with Crippen LogP contribution in [0.3, 0.4) is 0 Å². The summed E-state index contributed by atoms with van der Waals surface area (Å²) in [7, 11) is 0. The Balaban J connectivity index is 1.34. The number of amides is 1. The van der Waals surface area contributed by atoms with Gasteiger partial charge in [0, 0.05) is 39.9 Å². The zero-order valence-corrected chi connectivity index (χ0v) is 18.3. The first-order chi connectivity index (χ1) is 15.0. The molecule has 1 heterocycles. The quantitative estimate of drug-likeness (QED) is 0.535. The van der Waals surface area contributed by atoms with Gasteiger partial charge in [0.2, 0.25) is 0 Å². The van der Waals surface area contributed by atoms with Crippen LogP contribution in [0.25, 0.3) is 0 Å². The molecule has 1 N–H and O–H groups in total. The van der Waals surface area contributed by atoms with Crippen LogP contribution in [0.1, 0.15) is 39.1 Å². The number of ketones is 1. The fourth-order valence-corrected chi connectivity index (χ4v) is 4.65. The zero-order valence-electron chi connectivity index (χ0n) is 17.5. The van der Waals surface area contributed by atoms with E-state index < -0.39 is 0 Å². The Morgan fingerprint density at radius 3 is 2.10 bits per heavy atom. The van der Waals surface area contributed by atoms with Gasteiger partial charge >= 0.3 is 0 Å². The second-order valence-corrected chi connectivity index (χ2v) is 9.07. The van der Waals surface area contributed by atoms with Crippen LogP contribution in [0, 0.1) is 12.8 Å². The molecule has 0 atom stereocenters. The van der Waals surface area contributed by atoms with Gasteiger partial charge in [0.15, 0.2) is 5.78 Å². The topological polar surface area (TPSA) is 57.6 Å². The number of nitrogens with zero attached hydrogens (tertiary/aromatic N) is 1. The van der Waals surface area contributed by atoms with E-state index >= 15 is 0 Å². The van der Waals surface area contributed by atoms with Gasteiger partial charge in [0.05, 0.1) is 0 Å². The van der Waals surface area contributed by atoms with Gasteiger partial charge in [-0.25, -0.2) is 0 Å². The molecule has 5 heteroatoms. The average Bonchev–Trinajstić information content (AvgIpc) is 2.80. The van der Waals surface area contributed by atoms with Crippen molar-refractivity contribution < 1.29 is 14.7 Å². The van der Waals surface area contributed by atoms with Crippen LogP contribution in [-0.2, 0) is 0 Å². The Morgan fingerprint density at radius 2 is 1.48 bits per heavy atom. The fraction of sp³-hybridized carbons (Fsp3) is 0.231. The van der Waals surface area contributed by atoms with Crippen LogP contribution in [0.15, 0.2) is 82.6 Å². The molecule has 0 radical (unpaired) electrons. The minimum atomic E-state index is -0.0979. The molecule has 3 aromatic rings. The molecule has 1 aliphatic heterocycles. The Hall–Kier alpha value is -3.05. The Labute approximate surface area is 186 Å². The summed E-state index contributed by atoms with van der Waals surface area (Å²) in [5.41, 5.74) is 2.44. The number of piperidine rings is 1. The van der Waals surface area contributed by atoms with Gasteiger partial charge in [-0.05, 0) is 62.2 Å². The van der Waals surface area contributed by atoms with Gasteiger partial charge in [0.25, 0.3) is 5.91 Å². The monoisotopic (exact) mass is 431 g/mol. The van der Waals surface area contributed by atoms with Crippen molar-refractivity contribution in [2.45, 2.75) is 29.6 Å². The number of rotatable bonds is 5. The third-order valence-electron chi connectivity index (χ3n) is 5.64. The van der Waals surface area contributed by atoms with Crippen molar-refractivity contribution in [2.75, 3.05) is 13.1 Å². The summed E-state index contributed by atoms with van der Waals surface area (Å²) in [5, 5.41) is 9.60. The second-order valence-electron chi connectivity index (χ2n) is 7.92. The molecule has 4 nitrogen and oxygen atoms in total. The fourth-order valence-electron chi connectivity index (χ4n) is 3.83. The number of hydrogen-bond acceptors (Lipinski definition) is 4. The third kappa shape index (κ3) is 5.17. The first-order valence-electron chi connectivity index (χ1n) is 10.5. The van der Waals surface area contributed by atoms with Crippen LogP contribution in [0.2, 0.25) is 0 Å². The van der Waals surface area contributed by atoms with Crippen LogP contribution in [0.5, 0.6) is 5.75 Å². The van der Waals surface area contributed by atoms with E-state index in [9.17, 15) is 14.7 Å². The highest BCUT2D eigenvalue weighted by atomic mass is 32.2. The maximum Gasteiger partial charge on any atom is 0.253 e. The molecule has 0 saturated carbocycles. The van der Waals surface area contributed by atoms with Crippen molar-refractivity contribution in [3.8, 4) is 5.75 Å². The first kappa shape index (κ1) is 21.2. The molecule has 158 valence electrons. The molecule has 1 amide bonds. The third-order valence-corrected chi connectivity index (χ3v) is 6.66. The van der Waals surface area contributed by atoms with Gasteiger partial charge in [-0.2, -0.15) is 0 Å². The largest absolute Gasteiger partial charge is 0.508 e. The molecule has 0 spiro atoms. The molecule has 0 bridgehead atoms. The lowest BCUT2D eigenvalue weighted by Gasteiger charge is -2.31. The maximum absolute atomic E-state index is 13.0. The molecule has 1 aliphatic rings. The predicted molar refractivity (Wildman–Crippen MR) is 123 cm³/mol. The van der Waals surface area contributed by atoms with E-state index in [2.05, 4.69) is 31.2 Å². The maximum atomic E-state index is 13.0. The van der Waals surface area contributed by atoms with Gasteiger partial charge in [0.1, 0.15) is 5.75 Å². The Kier molecular flexibility index (Phi) is 6.42. The van der Waals surface area contributed by atoms with Gasteiger partial charge in [-0.15, -0.1) is 0 Å². The van der Waals surface area contributed by atoms with Gasteiger partial charge in [-0.3, -0.25) is 9.59 Å². The smallest absolute Gasteiger partial charge is 0.253 e. The van der Waals surface area contributed by atoms with Crippen molar-refractivity contribution in [3.05, 3.63) is 89.5 Å². The van der Waals surface area contributed by atoms with E-state index in [1.54, 1.807) is 34.9 Å². The number of phenols is 1. The van der Waals surface area contributed by atoms with Crippen molar-refractivity contribution in [1.29, 1.82) is 0 Å². The van der Waals surface area contributed by atoms with Crippen molar-refractivity contribution >= 4 is 23.5 Å². The lowest BCUT2D eigenvalue weighted by atomic mass is 9.88. The Morgan fingerprint density at radius 1 is 0.871 bits per heavy atom. The van der Waals surface area contributed by atoms with Crippen LogP contribution in [0.4, 0.5) is 0 Å². The number of carbonyl (C=O) groups excluding carboxylic acids is 2.